The Balaban J connectivity index is 3.04. The molecule has 0 radical (unpaired) electrons. The normalized spacial score (nSPS) is 10.4. The first kappa shape index (κ1) is 11.4. The average molecular weight is 253 g/mol. The lowest BCUT2D eigenvalue weighted by Gasteiger charge is -1.98. The molecule has 0 aliphatic heterocycles. The number of nitro benzene ring substituents is 2. The van der Waals surface area contributed by atoms with E-state index in [1.165, 1.54) is 0 Å². The molecule has 2 aromatic rings. The summed E-state index contributed by atoms with van der Waals surface area (Å²) in [5.74, 6) is -1.18. The number of fused-ring (bicyclic) bond motifs is 1. The number of nitro groups is 2. The van der Waals surface area contributed by atoms with Gasteiger partial charge in [-0.25, -0.2) is 9.59 Å². The first-order valence-corrected chi connectivity index (χ1v) is 4.40. The number of nitrogens with one attached hydrogen (secondary N) is 1. The van der Waals surface area contributed by atoms with Gasteiger partial charge in [0.15, 0.2) is 0 Å². The lowest BCUT2D eigenvalue weighted by atomic mass is 10.2. The van der Waals surface area contributed by atoms with E-state index >= 15 is 0 Å². The largest absolute Gasteiger partial charge is 0.419 e. The first-order chi connectivity index (χ1) is 8.40. The van der Waals surface area contributed by atoms with Crippen LogP contribution in [-0.2, 0) is 0 Å². The van der Waals surface area contributed by atoms with Crippen molar-refractivity contribution in [1.82, 2.24) is 4.98 Å². The molecule has 0 unspecified atom stereocenters. The van der Waals surface area contributed by atoms with Gasteiger partial charge in [0, 0.05) is 6.07 Å². The van der Waals surface area contributed by atoms with E-state index in [1.807, 2.05) is 4.98 Å². The molecule has 0 bridgehead atoms. The molecule has 18 heavy (non-hydrogen) atoms. The molecule has 0 aliphatic rings. The van der Waals surface area contributed by atoms with Crippen LogP contribution in [-0.4, -0.2) is 14.8 Å². The van der Waals surface area contributed by atoms with Crippen molar-refractivity contribution in [2.24, 2.45) is 0 Å². The minimum atomic E-state index is -1.18. The Morgan fingerprint density at radius 3 is 2.33 bits per heavy atom. The summed E-state index contributed by atoms with van der Waals surface area (Å²) in [5.41, 5.74) is -2.98. The molecule has 92 valence electrons. The third kappa shape index (κ3) is 1.71. The maximum absolute atomic E-state index is 11.3. The van der Waals surface area contributed by atoms with Gasteiger partial charge in [0.2, 0.25) is 0 Å². The van der Waals surface area contributed by atoms with E-state index in [4.69, 9.17) is 0 Å². The standard InChI is InChI=1S/C8H3N3O7/c12-7-4-1-3(10(14)15)2-5(11(16)17)6(4)9-8(13)18-7/h1-2H,(H,9,13). The van der Waals surface area contributed by atoms with E-state index in [0.717, 1.165) is 6.07 Å². The highest BCUT2D eigenvalue weighted by molar-refractivity contribution is 5.88. The van der Waals surface area contributed by atoms with Crippen LogP contribution in [0.2, 0.25) is 0 Å². The van der Waals surface area contributed by atoms with Crippen molar-refractivity contribution < 1.29 is 14.3 Å². The molecule has 0 amide bonds. The van der Waals surface area contributed by atoms with Crippen LogP contribution >= 0.6 is 0 Å². The van der Waals surface area contributed by atoms with Crippen LogP contribution in [0.25, 0.3) is 10.9 Å². The molecular formula is C8H3N3O7. The van der Waals surface area contributed by atoms with E-state index < -0.39 is 43.5 Å². The van der Waals surface area contributed by atoms with Gasteiger partial charge in [-0.3, -0.25) is 25.2 Å². The zero-order valence-corrected chi connectivity index (χ0v) is 8.41. The number of H-pyrrole nitrogens is 1. The van der Waals surface area contributed by atoms with E-state index in [-0.39, 0.29) is 0 Å². The number of rotatable bonds is 2. The van der Waals surface area contributed by atoms with Gasteiger partial charge in [-0.2, -0.15) is 0 Å². The van der Waals surface area contributed by atoms with Gasteiger partial charge in [0.25, 0.3) is 5.69 Å². The summed E-state index contributed by atoms with van der Waals surface area (Å²) in [6.45, 7) is 0. The predicted molar refractivity (Wildman–Crippen MR) is 56.4 cm³/mol. The van der Waals surface area contributed by atoms with Crippen LogP contribution in [0.4, 0.5) is 11.4 Å². The maximum Gasteiger partial charge on any atom is 0.419 e. The van der Waals surface area contributed by atoms with Gasteiger partial charge in [0.1, 0.15) is 5.52 Å². The first-order valence-electron chi connectivity index (χ1n) is 4.40. The Kier molecular flexibility index (Phi) is 2.39. The van der Waals surface area contributed by atoms with Crippen LogP contribution in [0.3, 0.4) is 0 Å². The molecule has 1 N–H and O–H groups in total. The van der Waals surface area contributed by atoms with Gasteiger partial charge < -0.3 is 4.42 Å². The second-order valence-electron chi connectivity index (χ2n) is 3.20. The molecule has 0 atom stereocenters. The summed E-state index contributed by atoms with van der Waals surface area (Å²) < 4.78 is 4.15. The molecule has 2 rings (SSSR count). The smallest absolute Gasteiger partial charge is 0.372 e. The molecule has 1 aromatic heterocycles. The molecular weight excluding hydrogens is 250 g/mol. The Labute approximate surface area is 95.8 Å². The topological polar surface area (TPSA) is 149 Å². The van der Waals surface area contributed by atoms with Crippen LogP contribution in [0.15, 0.2) is 26.1 Å². The summed E-state index contributed by atoms with van der Waals surface area (Å²) >= 11 is 0. The Morgan fingerprint density at radius 2 is 1.78 bits per heavy atom. The summed E-state index contributed by atoms with van der Waals surface area (Å²) in [5, 5.41) is 20.9. The molecule has 0 spiro atoms. The Hall–Kier alpha value is -3.04. The molecule has 0 saturated heterocycles. The molecule has 0 aliphatic carbocycles. The van der Waals surface area contributed by atoms with Crippen molar-refractivity contribution in [2.75, 3.05) is 0 Å². The van der Waals surface area contributed by atoms with Crippen LogP contribution < -0.4 is 11.4 Å². The number of nitrogens with zero attached hydrogens (tertiary/aromatic N) is 2. The van der Waals surface area contributed by atoms with E-state index in [0.29, 0.717) is 6.07 Å². The highest BCUT2D eigenvalue weighted by Crippen LogP contribution is 2.26. The molecule has 1 aromatic carbocycles. The monoisotopic (exact) mass is 253 g/mol. The molecule has 10 nitrogen and oxygen atoms in total. The van der Waals surface area contributed by atoms with E-state index in [9.17, 15) is 29.8 Å². The quantitative estimate of drug-likeness (QED) is 0.596. The summed E-state index contributed by atoms with van der Waals surface area (Å²) in [4.78, 5) is 43.7. The van der Waals surface area contributed by atoms with Crippen molar-refractivity contribution >= 4 is 22.3 Å². The average Bonchev–Trinajstić information content (AvgIpc) is 2.27. The fraction of sp³-hybridized carbons (Fsp3) is 0. The highest BCUT2D eigenvalue weighted by Gasteiger charge is 2.22. The van der Waals surface area contributed by atoms with Gasteiger partial charge in [-0.05, 0) is 0 Å². The fourth-order valence-electron chi connectivity index (χ4n) is 1.42. The lowest BCUT2D eigenvalue weighted by molar-refractivity contribution is -0.393. The third-order valence-corrected chi connectivity index (χ3v) is 2.14. The van der Waals surface area contributed by atoms with Gasteiger partial charge in [0.05, 0.1) is 21.3 Å². The molecule has 1 heterocycles. The van der Waals surface area contributed by atoms with E-state index in [2.05, 4.69) is 4.42 Å². The van der Waals surface area contributed by atoms with Crippen molar-refractivity contribution in [3.8, 4) is 0 Å². The summed E-state index contributed by atoms with van der Waals surface area (Å²) in [7, 11) is 0. The number of hydrogen-bond donors (Lipinski definition) is 1. The number of aromatic nitrogens is 1. The van der Waals surface area contributed by atoms with Crippen LogP contribution in [0.5, 0.6) is 0 Å². The molecule has 0 saturated carbocycles. The van der Waals surface area contributed by atoms with Gasteiger partial charge in [-0.15, -0.1) is 0 Å². The number of hydrogen-bond acceptors (Lipinski definition) is 7. The number of aromatic amines is 1. The molecule has 0 fully saturated rings. The maximum atomic E-state index is 11.3. The Bertz CT molecular complexity index is 787. The minimum Gasteiger partial charge on any atom is -0.372 e. The van der Waals surface area contributed by atoms with Gasteiger partial charge >= 0.3 is 17.1 Å². The predicted octanol–water partition coefficient (Wildman–Crippen LogP) is 0.298. The third-order valence-electron chi connectivity index (χ3n) is 2.14. The number of benzene rings is 1. The second-order valence-corrected chi connectivity index (χ2v) is 3.20. The number of non-ortho nitro benzene ring substituents is 2. The van der Waals surface area contributed by atoms with Crippen molar-refractivity contribution in [1.29, 1.82) is 0 Å². The highest BCUT2D eigenvalue weighted by atomic mass is 16.6. The van der Waals surface area contributed by atoms with Crippen LogP contribution in [0.1, 0.15) is 0 Å². The Morgan fingerprint density at radius 1 is 1.11 bits per heavy atom. The van der Waals surface area contributed by atoms with Crippen LogP contribution in [0, 0.1) is 20.2 Å². The SMILES string of the molecule is O=c1[nH]c2c([N+](=O)[O-])cc([N+](=O)[O-])cc2c(=O)o1. The van der Waals surface area contributed by atoms with E-state index in [1.54, 1.807) is 0 Å². The lowest BCUT2D eigenvalue weighted by Crippen LogP contribution is -2.15. The summed E-state index contributed by atoms with van der Waals surface area (Å²) in [6.07, 6.45) is 0. The van der Waals surface area contributed by atoms with Crippen molar-refractivity contribution in [2.45, 2.75) is 0 Å². The zero-order chi connectivity index (χ0) is 13.4. The molecule has 10 heteroatoms. The fourth-order valence-corrected chi connectivity index (χ4v) is 1.42. The summed E-state index contributed by atoms with van der Waals surface area (Å²) in [6, 6.07) is 1.45. The van der Waals surface area contributed by atoms with Gasteiger partial charge in [-0.1, -0.05) is 0 Å². The van der Waals surface area contributed by atoms with Crippen molar-refractivity contribution in [3.63, 3.8) is 0 Å². The zero-order valence-electron chi connectivity index (χ0n) is 8.41. The minimum absolute atomic E-state index is 0.410. The van der Waals surface area contributed by atoms with Crippen molar-refractivity contribution in [3.05, 3.63) is 53.3 Å². The second kappa shape index (κ2) is 3.76.